The zero-order valence-electron chi connectivity index (χ0n) is 14.4. The van der Waals surface area contributed by atoms with Crippen molar-refractivity contribution in [2.45, 2.75) is 26.4 Å². The molecule has 2 aromatic heterocycles. The van der Waals surface area contributed by atoms with Gasteiger partial charge >= 0.3 is 0 Å². The summed E-state index contributed by atoms with van der Waals surface area (Å²) in [5.74, 6) is 0.692. The smallest absolute Gasteiger partial charge is 0.290 e. The van der Waals surface area contributed by atoms with Gasteiger partial charge in [0.05, 0.1) is 25.4 Å². The minimum Gasteiger partial charge on any atom is -0.497 e. The number of hydrogen-bond donors (Lipinski definition) is 1. The fourth-order valence-corrected chi connectivity index (χ4v) is 2.68. The molecule has 1 amide bonds. The van der Waals surface area contributed by atoms with Crippen molar-refractivity contribution in [3.63, 3.8) is 0 Å². The first kappa shape index (κ1) is 16.8. The standard InChI is InChI=1S/C19H20N2O4/c1-12(2)21(19(23)17-5-4-8-25-17)11-14-9-13-6-7-15(24-3)10-16(13)20-18(14)22/h4-10,12H,11H2,1-3H3,(H,20,22). The van der Waals surface area contributed by atoms with E-state index >= 15 is 0 Å². The zero-order valence-corrected chi connectivity index (χ0v) is 14.4. The van der Waals surface area contributed by atoms with Gasteiger partial charge in [0.2, 0.25) is 0 Å². The first-order chi connectivity index (χ1) is 12.0. The van der Waals surface area contributed by atoms with E-state index in [0.717, 1.165) is 5.39 Å². The van der Waals surface area contributed by atoms with Crippen molar-refractivity contribution in [2.24, 2.45) is 0 Å². The third-order valence-electron chi connectivity index (χ3n) is 4.09. The zero-order chi connectivity index (χ0) is 18.0. The monoisotopic (exact) mass is 340 g/mol. The van der Waals surface area contributed by atoms with Gasteiger partial charge in [0.1, 0.15) is 5.75 Å². The molecule has 25 heavy (non-hydrogen) atoms. The van der Waals surface area contributed by atoms with Crippen LogP contribution in [0.1, 0.15) is 30.0 Å². The van der Waals surface area contributed by atoms with Crippen LogP contribution in [0.3, 0.4) is 0 Å². The summed E-state index contributed by atoms with van der Waals surface area (Å²) in [6.45, 7) is 4.01. The number of methoxy groups -OCH3 is 1. The summed E-state index contributed by atoms with van der Waals surface area (Å²) in [7, 11) is 1.58. The van der Waals surface area contributed by atoms with E-state index in [2.05, 4.69) is 4.98 Å². The Kier molecular flexibility index (Phi) is 4.61. The Hall–Kier alpha value is -3.02. The van der Waals surface area contributed by atoms with Gasteiger partial charge in [-0.05, 0) is 49.6 Å². The number of carbonyl (C=O) groups excluding carboxylic acids is 1. The number of furan rings is 1. The number of pyridine rings is 1. The van der Waals surface area contributed by atoms with Crippen LogP contribution in [0.2, 0.25) is 0 Å². The molecule has 0 radical (unpaired) electrons. The Labute approximate surface area is 145 Å². The Balaban J connectivity index is 1.96. The van der Waals surface area contributed by atoms with E-state index in [1.165, 1.54) is 6.26 Å². The summed E-state index contributed by atoms with van der Waals surface area (Å²) >= 11 is 0. The van der Waals surface area contributed by atoms with Gasteiger partial charge in [0.25, 0.3) is 11.5 Å². The van der Waals surface area contributed by atoms with E-state index in [0.29, 0.717) is 16.8 Å². The van der Waals surface area contributed by atoms with Crippen molar-refractivity contribution < 1.29 is 13.9 Å². The van der Waals surface area contributed by atoms with E-state index in [4.69, 9.17) is 9.15 Å². The highest BCUT2D eigenvalue weighted by atomic mass is 16.5. The summed E-state index contributed by atoms with van der Waals surface area (Å²) < 4.78 is 10.4. The van der Waals surface area contributed by atoms with E-state index < -0.39 is 0 Å². The van der Waals surface area contributed by atoms with Gasteiger partial charge in [-0.2, -0.15) is 0 Å². The maximum Gasteiger partial charge on any atom is 0.290 e. The number of aromatic amines is 1. The molecule has 0 aliphatic carbocycles. The molecular weight excluding hydrogens is 320 g/mol. The summed E-state index contributed by atoms with van der Waals surface area (Å²) in [6, 6.07) is 10.5. The van der Waals surface area contributed by atoms with Crippen LogP contribution < -0.4 is 10.3 Å². The number of ether oxygens (including phenoxy) is 1. The Morgan fingerprint density at radius 3 is 2.72 bits per heavy atom. The molecule has 0 saturated heterocycles. The molecule has 0 bridgehead atoms. The van der Waals surface area contributed by atoms with Gasteiger partial charge in [0, 0.05) is 17.7 Å². The summed E-state index contributed by atoms with van der Waals surface area (Å²) in [5.41, 5.74) is 0.992. The van der Waals surface area contributed by atoms with E-state index in [1.807, 2.05) is 26.0 Å². The molecule has 3 rings (SSSR count). The Bertz CT molecular complexity index is 942. The van der Waals surface area contributed by atoms with E-state index in [1.54, 1.807) is 36.3 Å². The van der Waals surface area contributed by atoms with Gasteiger partial charge in [0.15, 0.2) is 5.76 Å². The second-order valence-electron chi connectivity index (χ2n) is 6.08. The first-order valence-corrected chi connectivity index (χ1v) is 8.04. The molecule has 1 N–H and O–H groups in total. The van der Waals surface area contributed by atoms with Gasteiger partial charge in [-0.3, -0.25) is 9.59 Å². The third kappa shape index (κ3) is 3.42. The fraction of sp³-hybridized carbons (Fsp3) is 0.263. The third-order valence-corrected chi connectivity index (χ3v) is 4.09. The predicted molar refractivity (Wildman–Crippen MR) is 94.8 cm³/mol. The van der Waals surface area contributed by atoms with Crippen LogP contribution in [-0.4, -0.2) is 28.9 Å². The Morgan fingerprint density at radius 1 is 1.28 bits per heavy atom. The molecule has 6 nitrogen and oxygen atoms in total. The SMILES string of the molecule is COc1ccc2cc(CN(C(=O)c3ccco3)C(C)C)c(=O)[nH]c2c1. The van der Waals surface area contributed by atoms with Crippen molar-refractivity contribution >= 4 is 16.8 Å². The summed E-state index contributed by atoms with van der Waals surface area (Å²) in [6.07, 6.45) is 1.46. The number of hydrogen-bond acceptors (Lipinski definition) is 4. The maximum absolute atomic E-state index is 12.6. The highest BCUT2D eigenvalue weighted by Crippen LogP contribution is 2.20. The molecule has 6 heteroatoms. The lowest BCUT2D eigenvalue weighted by atomic mass is 10.1. The minimum atomic E-state index is -0.241. The molecule has 0 saturated carbocycles. The number of amides is 1. The number of rotatable bonds is 5. The van der Waals surface area contributed by atoms with Crippen LogP contribution in [0.4, 0.5) is 0 Å². The average Bonchev–Trinajstić information content (AvgIpc) is 3.13. The van der Waals surface area contributed by atoms with E-state index in [-0.39, 0.29) is 29.8 Å². The molecule has 3 aromatic rings. The predicted octanol–water partition coefficient (Wildman–Crippen LogP) is 3.18. The summed E-state index contributed by atoms with van der Waals surface area (Å²) in [5, 5.41) is 0.879. The Morgan fingerprint density at radius 2 is 2.08 bits per heavy atom. The lowest BCUT2D eigenvalue weighted by molar-refractivity contribution is 0.0657. The largest absolute Gasteiger partial charge is 0.497 e. The molecule has 2 heterocycles. The molecule has 0 aliphatic rings. The second-order valence-corrected chi connectivity index (χ2v) is 6.08. The van der Waals surface area contributed by atoms with Crippen LogP contribution in [0.25, 0.3) is 10.9 Å². The van der Waals surface area contributed by atoms with Crippen LogP contribution >= 0.6 is 0 Å². The second kappa shape index (κ2) is 6.84. The highest BCUT2D eigenvalue weighted by molar-refractivity contribution is 5.91. The quantitative estimate of drug-likeness (QED) is 0.774. The van der Waals surface area contributed by atoms with Crippen molar-refractivity contribution in [1.29, 1.82) is 0 Å². The number of benzene rings is 1. The van der Waals surface area contributed by atoms with Crippen molar-refractivity contribution in [3.8, 4) is 5.75 Å². The van der Waals surface area contributed by atoms with Gasteiger partial charge in [-0.1, -0.05) is 0 Å². The van der Waals surface area contributed by atoms with Crippen molar-refractivity contribution in [1.82, 2.24) is 9.88 Å². The lowest BCUT2D eigenvalue weighted by Gasteiger charge is -2.25. The lowest BCUT2D eigenvalue weighted by Crippen LogP contribution is -2.37. The average molecular weight is 340 g/mol. The minimum absolute atomic E-state index is 0.0800. The number of H-pyrrole nitrogens is 1. The van der Waals surface area contributed by atoms with Gasteiger partial charge in [-0.15, -0.1) is 0 Å². The molecule has 0 fully saturated rings. The van der Waals surface area contributed by atoms with Gasteiger partial charge in [-0.25, -0.2) is 0 Å². The fourth-order valence-electron chi connectivity index (χ4n) is 2.68. The molecule has 1 aromatic carbocycles. The van der Waals surface area contributed by atoms with Crippen LogP contribution in [0.15, 0.2) is 51.9 Å². The molecule has 0 unspecified atom stereocenters. The highest BCUT2D eigenvalue weighted by Gasteiger charge is 2.22. The number of nitrogens with zero attached hydrogens (tertiary/aromatic N) is 1. The molecule has 0 spiro atoms. The summed E-state index contributed by atoms with van der Waals surface area (Å²) in [4.78, 5) is 29.5. The van der Waals surface area contributed by atoms with Crippen molar-refractivity contribution in [3.05, 3.63) is 64.3 Å². The number of aromatic nitrogens is 1. The van der Waals surface area contributed by atoms with Crippen molar-refractivity contribution in [2.75, 3.05) is 7.11 Å². The molecule has 0 atom stereocenters. The topological polar surface area (TPSA) is 75.5 Å². The first-order valence-electron chi connectivity index (χ1n) is 8.04. The maximum atomic E-state index is 12.6. The number of fused-ring (bicyclic) bond motifs is 1. The van der Waals surface area contributed by atoms with Gasteiger partial charge < -0.3 is 19.0 Å². The number of nitrogens with one attached hydrogen (secondary N) is 1. The normalized spacial score (nSPS) is 11.0. The number of carbonyl (C=O) groups is 1. The molecule has 0 aliphatic heterocycles. The van der Waals surface area contributed by atoms with Crippen LogP contribution in [-0.2, 0) is 6.54 Å². The molecule has 130 valence electrons. The van der Waals surface area contributed by atoms with E-state index in [9.17, 15) is 9.59 Å². The molecular formula is C19H20N2O4. The van der Waals surface area contributed by atoms with Crippen LogP contribution in [0.5, 0.6) is 5.75 Å². The van der Waals surface area contributed by atoms with Crippen LogP contribution in [0, 0.1) is 0 Å².